The van der Waals surface area contributed by atoms with Crippen molar-refractivity contribution in [2.24, 2.45) is 0 Å². The van der Waals surface area contributed by atoms with Gasteiger partial charge in [0, 0.05) is 25.7 Å². The van der Waals surface area contributed by atoms with E-state index in [4.69, 9.17) is 4.74 Å². The van der Waals surface area contributed by atoms with E-state index >= 15 is 0 Å². The molecule has 102 valence electrons. The highest BCUT2D eigenvalue weighted by atomic mass is 16.5. The molecule has 0 amide bonds. The van der Waals surface area contributed by atoms with Gasteiger partial charge in [-0.05, 0) is 36.9 Å². The molecule has 2 fully saturated rings. The molecule has 1 aromatic rings. The Kier molecular flexibility index (Phi) is 3.06. The van der Waals surface area contributed by atoms with Crippen LogP contribution in [0.1, 0.15) is 36.4 Å². The topological polar surface area (TPSA) is 24.5 Å². The van der Waals surface area contributed by atoms with Gasteiger partial charge in [0.1, 0.15) is 0 Å². The molecule has 3 aliphatic rings. The minimum atomic E-state index is 0.488. The van der Waals surface area contributed by atoms with Crippen molar-refractivity contribution < 1.29 is 4.74 Å². The van der Waals surface area contributed by atoms with Gasteiger partial charge in [0.15, 0.2) is 0 Å². The largest absolute Gasteiger partial charge is 0.372 e. The molecule has 3 heteroatoms. The first-order chi connectivity index (χ1) is 9.40. The Morgan fingerprint density at radius 1 is 1.05 bits per heavy atom. The second-order valence-electron chi connectivity index (χ2n) is 6.09. The molecule has 1 N–H and O–H groups in total. The van der Waals surface area contributed by atoms with E-state index in [1.165, 1.54) is 30.4 Å². The number of rotatable bonds is 1. The third kappa shape index (κ3) is 2.20. The predicted octanol–water partition coefficient (Wildman–Crippen LogP) is 2.08. The van der Waals surface area contributed by atoms with Crippen LogP contribution in [0.25, 0.3) is 0 Å². The second-order valence-corrected chi connectivity index (χ2v) is 6.09. The number of likely N-dealkylation sites (tertiary alicyclic amines) is 1. The molecule has 2 bridgehead atoms. The molecule has 0 spiro atoms. The van der Waals surface area contributed by atoms with Crippen LogP contribution < -0.4 is 5.32 Å². The average molecular weight is 258 g/mol. The molecule has 0 aliphatic carbocycles. The zero-order chi connectivity index (χ0) is 12.7. The molecule has 3 unspecified atom stereocenters. The molecule has 1 aromatic carbocycles. The maximum absolute atomic E-state index is 5.98. The van der Waals surface area contributed by atoms with Gasteiger partial charge in [-0.3, -0.25) is 4.90 Å². The van der Waals surface area contributed by atoms with Gasteiger partial charge in [-0.15, -0.1) is 0 Å². The molecule has 3 aliphatic heterocycles. The van der Waals surface area contributed by atoms with E-state index in [9.17, 15) is 0 Å². The van der Waals surface area contributed by atoms with Crippen LogP contribution >= 0.6 is 0 Å². The summed E-state index contributed by atoms with van der Waals surface area (Å²) in [6.45, 7) is 4.38. The molecular weight excluding hydrogens is 236 g/mol. The summed E-state index contributed by atoms with van der Waals surface area (Å²) in [6.07, 6.45) is 4.71. The van der Waals surface area contributed by atoms with Crippen molar-refractivity contribution in [2.45, 2.75) is 44.1 Å². The van der Waals surface area contributed by atoms with Crippen LogP contribution in [0.4, 0.5) is 0 Å². The molecule has 3 nitrogen and oxygen atoms in total. The number of hydrogen-bond donors (Lipinski definition) is 1. The smallest absolute Gasteiger partial charge is 0.0707 e. The van der Waals surface area contributed by atoms with E-state index in [-0.39, 0.29) is 0 Å². The van der Waals surface area contributed by atoms with Crippen LogP contribution in [0.3, 0.4) is 0 Å². The minimum Gasteiger partial charge on any atom is -0.372 e. The Morgan fingerprint density at radius 2 is 1.84 bits per heavy atom. The quantitative estimate of drug-likeness (QED) is 0.834. The molecular formula is C16H22N2O. The van der Waals surface area contributed by atoms with Crippen molar-refractivity contribution in [3.05, 3.63) is 35.4 Å². The van der Waals surface area contributed by atoms with Crippen molar-refractivity contribution in [3.8, 4) is 0 Å². The molecule has 4 rings (SSSR count). The zero-order valence-corrected chi connectivity index (χ0v) is 11.3. The number of fused-ring (bicyclic) bond motifs is 3. The summed E-state index contributed by atoms with van der Waals surface area (Å²) < 4.78 is 5.98. The first kappa shape index (κ1) is 11.9. The van der Waals surface area contributed by atoms with Crippen LogP contribution in [0.2, 0.25) is 0 Å². The molecule has 0 saturated carbocycles. The predicted molar refractivity (Wildman–Crippen MR) is 75.0 cm³/mol. The summed E-state index contributed by atoms with van der Waals surface area (Å²) >= 11 is 0. The van der Waals surface area contributed by atoms with E-state index in [0.717, 1.165) is 26.2 Å². The van der Waals surface area contributed by atoms with Crippen LogP contribution in [0.5, 0.6) is 0 Å². The summed E-state index contributed by atoms with van der Waals surface area (Å²) in [5, 5.41) is 3.55. The molecule has 0 radical (unpaired) electrons. The monoisotopic (exact) mass is 258 g/mol. The van der Waals surface area contributed by atoms with Crippen LogP contribution in [0, 0.1) is 0 Å². The summed E-state index contributed by atoms with van der Waals surface area (Å²) in [4.78, 5) is 2.68. The third-order valence-corrected chi connectivity index (χ3v) is 4.84. The maximum Gasteiger partial charge on any atom is 0.0707 e. The van der Waals surface area contributed by atoms with Gasteiger partial charge < -0.3 is 10.1 Å². The molecule has 3 atom stereocenters. The Hall–Kier alpha value is -0.900. The fourth-order valence-electron chi connectivity index (χ4n) is 3.92. The highest BCUT2D eigenvalue weighted by Crippen LogP contribution is 2.35. The van der Waals surface area contributed by atoms with Crippen molar-refractivity contribution >= 4 is 0 Å². The third-order valence-electron chi connectivity index (χ3n) is 4.84. The first-order valence-electron chi connectivity index (χ1n) is 7.58. The normalized spacial score (nSPS) is 34.8. The highest BCUT2D eigenvalue weighted by molar-refractivity contribution is 5.31. The fourth-order valence-corrected chi connectivity index (χ4v) is 3.92. The van der Waals surface area contributed by atoms with Gasteiger partial charge in [0.2, 0.25) is 0 Å². The SMILES string of the molecule is c1ccc2c(c1)CNCCC2N1CC2CCC(C1)O2. The molecule has 3 heterocycles. The van der Waals surface area contributed by atoms with Crippen LogP contribution in [-0.4, -0.2) is 36.7 Å². The second kappa shape index (κ2) is 4.89. The van der Waals surface area contributed by atoms with Crippen molar-refractivity contribution in [1.82, 2.24) is 10.2 Å². The summed E-state index contributed by atoms with van der Waals surface area (Å²) in [6, 6.07) is 9.52. The van der Waals surface area contributed by atoms with Gasteiger partial charge in [0.05, 0.1) is 12.2 Å². The number of ether oxygens (including phenoxy) is 1. The zero-order valence-electron chi connectivity index (χ0n) is 11.3. The Bertz CT molecular complexity index is 450. The van der Waals surface area contributed by atoms with Gasteiger partial charge in [-0.2, -0.15) is 0 Å². The lowest BCUT2D eigenvalue weighted by Crippen LogP contribution is -2.44. The number of benzene rings is 1. The first-order valence-corrected chi connectivity index (χ1v) is 7.58. The van der Waals surface area contributed by atoms with Crippen molar-refractivity contribution in [1.29, 1.82) is 0 Å². The van der Waals surface area contributed by atoms with E-state index in [2.05, 4.69) is 34.5 Å². The van der Waals surface area contributed by atoms with E-state index in [1.54, 1.807) is 0 Å². The van der Waals surface area contributed by atoms with E-state index < -0.39 is 0 Å². The fraction of sp³-hybridized carbons (Fsp3) is 0.625. The highest BCUT2D eigenvalue weighted by Gasteiger charge is 2.37. The Morgan fingerprint density at radius 3 is 2.68 bits per heavy atom. The lowest BCUT2D eigenvalue weighted by Gasteiger charge is -2.38. The van der Waals surface area contributed by atoms with Crippen molar-refractivity contribution in [2.75, 3.05) is 19.6 Å². The Labute approximate surface area is 114 Å². The summed E-state index contributed by atoms with van der Waals surface area (Å²) in [5.41, 5.74) is 3.01. The minimum absolute atomic E-state index is 0.488. The lowest BCUT2D eigenvalue weighted by atomic mass is 9.97. The van der Waals surface area contributed by atoms with Crippen molar-refractivity contribution in [3.63, 3.8) is 0 Å². The van der Waals surface area contributed by atoms with E-state index in [0.29, 0.717) is 18.2 Å². The molecule has 19 heavy (non-hydrogen) atoms. The standard InChI is InChI=1S/C16H22N2O/c1-2-4-15-12(3-1)9-17-8-7-16(15)18-10-13-5-6-14(11-18)19-13/h1-4,13-14,16-17H,5-11H2. The number of morpholine rings is 1. The van der Waals surface area contributed by atoms with Gasteiger partial charge in [-0.1, -0.05) is 24.3 Å². The summed E-state index contributed by atoms with van der Waals surface area (Å²) in [5.74, 6) is 0. The summed E-state index contributed by atoms with van der Waals surface area (Å²) in [7, 11) is 0. The Balaban J connectivity index is 1.63. The van der Waals surface area contributed by atoms with Crippen LogP contribution in [0.15, 0.2) is 24.3 Å². The number of nitrogens with zero attached hydrogens (tertiary/aromatic N) is 1. The van der Waals surface area contributed by atoms with Crippen LogP contribution in [-0.2, 0) is 11.3 Å². The lowest BCUT2D eigenvalue weighted by molar-refractivity contribution is -0.0541. The number of hydrogen-bond acceptors (Lipinski definition) is 3. The molecule has 2 saturated heterocycles. The number of nitrogens with one attached hydrogen (secondary N) is 1. The van der Waals surface area contributed by atoms with Gasteiger partial charge >= 0.3 is 0 Å². The van der Waals surface area contributed by atoms with Gasteiger partial charge in [-0.25, -0.2) is 0 Å². The van der Waals surface area contributed by atoms with E-state index in [1.807, 2.05) is 0 Å². The maximum atomic E-state index is 5.98. The molecule has 0 aromatic heterocycles. The average Bonchev–Trinajstić information content (AvgIpc) is 2.67. The van der Waals surface area contributed by atoms with Gasteiger partial charge in [0.25, 0.3) is 0 Å².